The van der Waals surface area contributed by atoms with Gasteiger partial charge in [-0.1, -0.05) is 6.07 Å². The van der Waals surface area contributed by atoms with E-state index in [4.69, 9.17) is 4.74 Å². The van der Waals surface area contributed by atoms with Crippen LogP contribution in [0.3, 0.4) is 0 Å². The Morgan fingerprint density at radius 1 is 1.06 bits per heavy atom. The Balaban J connectivity index is 1.62. The number of nitrogens with one attached hydrogen (secondary N) is 2. The van der Waals surface area contributed by atoms with E-state index in [2.05, 4.69) is 46.7 Å². The highest BCUT2D eigenvalue weighted by atomic mass is 79.9. The molecule has 2 aromatic carbocycles. The molecular formula is C20H18BrN9O6. The van der Waals surface area contributed by atoms with Crippen LogP contribution in [0.15, 0.2) is 46.0 Å². The van der Waals surface area contributed by atoms with Crippen LogP contribution >= 0.6 is 15.9 Å². The van der Waals surface area contributed by atoms with Crippen molar-refractivity contribution in [3.63, 3.8) is 0 Å². The number of nitrogens with zero attached hydrogens (tertiary/aromatic N) is 7. The highest BCUT2D eigenvalue weighted by molar-refractivity contribution is 9.10. The normalized spacial score (nSPS) is 13.5. The van der Waals surface area contributed by atoms with Gasteiger partial charge in [-0.2, -0.15) is 20.1 Å². The van der Waals surface area contributed by atoms with Crippen molar-refractivity contribution in [2.45, 2.75) is 0 Å². The van der Waals surface area contributed by atoms with Gasteiger partial charge in [-0.15, -0.1) is 0 Å². The number of phenols is 1. The van der Waals surface area contributed by atoms with Crippen molar-refractivity contribution in [1.29, 1.82) is 0 Å². The van der Waals surface area contributed by atoms with Gasteiger partial charge in [-0.25, -0.2) is 5.43 Å². The Hall–Kier alpha value is -4.44. The average molecular weight is 560 g/mol. The Morgan fingerprint density at radius 3 is 2.50 bits per heavy atom. The Bertz CT molecular complexity index is 1330. The van der Waals surface area contributed by atoms with Crippen LogP contribution in [-0.4, -0.2) is 62.4 Å². The molecule has 0 aliphatic carbocycles. The average Bonchev–Trinajstić information content (AvgIpc) is 2.87. The van der Waals surface area contributed by atoms with Crippen LogP contribution < -0.4 is 15.6 Å². The number of nitro benzene ring substituents is 2. The first-order valence-electron chi connectivity index (χ1n) is 10.4. The molecule has 1 fully saturated rings. The van der Waals surface area contributed by atoms with Crippen LogP contribution in [0, 0.1) is 20.2 Å². The minimum atomic E-state index is -0.596. The molecule has 186 valence electrons. The van der Waals surface area contributed by atoms with Crippen molar-refractivity contribution in [3.8, 4) is 5.75 Å². The van der Waals surface area contributed by atoms with Crippen molar-refractivity contribution in [2.75, 3.05) is 41.9 Å². The number of aromatic hydroxyl groups is 1. The summed E-state index contributed by atoms with van der Waals surface area (Å²) in [7, 11) is 0. The van der Waals surface area contributed by atoms with Gasteiger partial charge in [0.2, 0.25) is 17.8 Å². The molecule has 1 aliphatic heterocycles. The first-order valence-corrected chi connectivity index (χ1v) is 11.2. The predicted octanol–water partition coefficient (Wildman–Crippen LogP) is 3.18. The molecule has 1 saturated heterocycles. The van der Waals surface area contributed by atoms with E-state index in [1.165, 1.54) is 30.5 Å². The lowest BCUT2D eigenvalue weighted by atomic mass is 10.2. The Labute approximate surface area is 211 Å². The fraction of sp³-hybridized carbons (Fsp3) is 0.200. The van der Waals surface area contributed by atoms with E-state index < -0.39 is 9.85 Å². The van der Waals surface area contributed by atoms with E-state index in [1.807, 2.05) is 4.90 Å². The van der Waals surface area contributed by atoms with E-state index in [0.717, 1.165) is 6.07 Å². The summed E-state index contributed by atoms with van der Waals surface area (Å²) in [5, 5.41) is 39.3. The van der Waals surface area contributed by atoms with Crippen LogP contribution in [0.25, 0.3) is 0 Å². The van der Waals surface area contributed by atoms with Crippen molar-refractivity contribution in [3.05, 3.63) is 66.7 Å². The van der Waals surface area contributed by atoms with Gasteiger partial charge < -0.3 is 20.1 Å². The quantitative estimate of drug-likeness (QED) is 0.207. The van der Waals surface area contributed by atoms with Crippen LogP contribution in [0.1, 0.15) is 5.56 Å². The summed E-state index contributed by atoms with van der Waals surface area (Å²) < 4.78 is 5.50. The van der Waals surface area contributed by atoms with Gasteiger partial charge in [0.15, 0.2) is 0 Å². The summed E-state index contributed by atoms with van der Waals surface area (Å²) in [5.74, 6) is 0.217. The molecule has 1 aromatic heterocycles. The third-order valence-electron chi connectivity index (χ3n) is 4.89. The second kappa shape index (κ2) is 10.9. The molecule has 0 amide bonds. The molecule has 16 heteroatoms. The Morgan fingerprint density at radius 2 is 1.78 bits per heavy atom. The largest absolute Gasteiger partial charge is 0.506 e. The number of halogens is 1. The predicted molar refractivity (Wildman–Crippen MR) is 133 cm³/mol. The molecular weight excluding hydrogens is 542 g/mol. The number of benzene rings is 2. The highest BCUT2D eigenvalue weighted by Crippen LogP contribution is 2.31. The molecule has 0 bridgehead atoms. The monoisotopic (exact) mass is 559 g/mol. The van der Waals surface area contributed by atoms with E-state index in [9.17, 15) is 25.3 Å². The lowest BCUT2D eigenvalue weighted by Gasteiger charge is -2.27. The van der Waals surface area contributed by atoms with Gasteiger partial charge in [-0.05, 0) is 22.0 Å². The highest BCUT2D eigenvalue weighted by Gasteiger charge is 2.18. The van der Waals surface area contributed by atoms with Gasteiger partial charge in [0.25, 0.3) is 11.4 Å². The fourth-order valence-corrected chi connectivity index (χ4v) is 3.63. The van der Waals surface area contributed by atoms with Gasteiger partial charge in [0.05, 0.1) is 33.7 Å². The number of morpholine rings is 1. The minimum absolute atomic E-state index is 0.0275. The number of hydrogen-bond donors (Lipinski definition) is 3. The molecule has 3 N–H and O–H groups in total. The molecule has 4 rings (SSSR count). The van der Waals surface area contributed by atoms with Gasteiger partial charge in [0, 0.05) is 48.6 Å². The van der Waals surface area contributed by atoms with Gasteiger partial charge in [-0.3, -0.25) is 20.2 Å². The third-order valence-corrected chi connectivity index (χ3v) is 5.49. The number of anilines is 4. The maximum atomic E-state index is 11.1. The number of hydrogen-bond acceptors (Lipinski definition) is 13. The zero-order valence-corrected chi connectivity index (χ0v) is 20.0. The van der Waals surface area contributed by atoms with Gasteiger partial charge in [0.1, 0.15) is 5.75 Å². The molecule has 0 spiro atoms. The Kier molecular flexibility index (Phi) is 7.45. The second-order valence-corrected chi connectivity index (χ2v) is 8.16. The van der Waals surface area contributed by atoms with Crippen LogP contribution in [0.4, 0.5) is 34.9 Å². The van der Waals surface area contributed by atoms with E-state index in [1.54, 1.807) is 6.07 Å². The number of phenolic OH excluding ortho intramolecular Hbond substituents is 1. The number of aromatic nitrogens is 3. The minimum Gasteiger partial charge on any atom is -0.506 e. The number of non-ortho nitro benzene ring substituents is 2. The van der Waals surface area contributed by atoms with E-state index >= 15 is 0 Å². The van der Waals surface area contributed by atoms with E-state index in [0.29, 0.717) is 37.9 Å². The standard InChI is InChI=1S/C20H18BrN9O6/c21-16-10-15(30(34)35)8-12(17(16)31)11-22-27-19-24-18(23-13-2-1-3-14(9-13)29(32)33)25-20(26-19)28-4-6-36-7-5-28/h1-3,8-11,31H,4-7H2,(H2,23,24,25,26,27). The summed E-state index contributed by atoms with van der Waals surface area (Å²) in [6.45, 7) is 2.06. The lowest BCUT2D eigenvalue weighted by Crippen LogP contribution is -2.37. The van der Waals surface area contributed by atoms with Crippen molar-refractivity contribution < 1.29 is 19.7 Å². The summed E-state index contributed by atoms with van der Waals surface area (Å²) in [6.07, 6.45) is 1.18. The smallest absolute Gasteiger partial charge is 0.271 e. The van der Waals surface area contributed by atoms with Crippen molar-refractivity contribution in [1.82, 2.24) is 15.0 Å². The molecule has 0 radical (unpaired) electrons. The first kappa shape index (κ1) is 24.7. The number of hydrazone groups is 1. The van der Waals surface area contributed by atoms with Crippen molar-refractivity contribution >= 4 is 57.1 Å². The molecule has 1 aliphatic rings. The molecule has 36 heavy (non-hydrogen) atoms. The van der Waals surface area contributed by atoms with Crippen molar-refractivity contribution in [2.24, 2.45) is 5.10 Å². The van der Waals surface area contributed by atoms with Crippen LogP contribution in [0.2, 0.25) is 0 Å². The van der Waals surface area contributed by atoms with Crippen LogP contribution in [0.5, 0.6) is 5.75 Å². The molecule has 2 heterocycles. The summed E-state index contributed by atoms with van der Waals surface area (Å²) >= 11 is 3.08. The topological polar surface area (TPSA) is 194 Å². The maximum absolute atomic E-state index is 11.1. The van der Waals surface area contributed by atoms with Crippen LogP contribution in [-0.2, 0) is 4.74 Å². The SMILES string of the molecule is O=[N+]([O-])c1cccc(Nc2nc(NN=Cc3cc([N+](=O)[O-])cc(Br)c3O)nc(N3CCOCC3)n2)c1. The van der Waals surface area contributed by atoms with Gasteiger partial charge >= 0.3 is 0 Å². The number of rotatable bonds is 8. The second-order valence-electron chi connectivity index (χ2n) is 7.31. The lowest BCUT2D eigenvalue weighted by molar-refractivity contribution is -0.385. The summed E-state index contributed by atoms with van der Waals surface area (Å²) in [5.41, 5.74) is 2.77. The first-order chi connectivity index (χ1) is 17.3. The summed E-state index contributed by atoms with van der Waals surface area (Å²) in [6, 6.07) is 8.18. The molecule has 0 unspecified atom stereocenters. The summed E-state index contributed by atoms with van der Waals surface area (Å²) in [4.78, 5) is 36.0. The molecule has 15 nitrogen and oxygen atoms in total. The fourth-order valence-electron chi connectivity index (χ4n) is 3.17. The molecule has 0 saturated carbocycles. The third kappa shape index (κ3) is 5.97. The molecule has 0 atom stereocenters. The number of nitro groups is 2. The molecule has 3 aromatic rings. The zero-order valence-electron chi connectivity index (χ0n) is 18.4. The van der Waals surface area contributed by atoms with E-state index in [-0.39, 0.29) is 39.1 Å². The number of ether oxygens (including phenoxy) is 1. The zero-order chi connectivity index (χ0) is 25.7. The maximum Gasteiger partial charge on any atom is 0.271 e.